The van der Waals surface area contributed by atoms with Crippen molar-refractivity contribution in [1.29, 1.82) is 0 Å². The lowest BCUT2D eigenvalue weighted by Crippen LogP contribution is -2.36. The van der Waals surface area contributed by atoms with Crippen molar-refractivity contribution >= 4 is 5.97 Å². The third kappa shape index (κ3) is 0.475. The molecule has 2 rings (SSSR count). The molecular weight excluding hydrogens is 132 g/mol. The third-order valence-electron chi connectivity index (χ3n) is 2.74. The summed E-state index contributed by atoms with van der Waals surface area (Å²) in [5, 5.41) is 9.50. The number of cyclic esters (lactones) is 1. The summed E-state index contributed by atoms with van der Waals surface area (Å²) in [6.07, 6.45) is 1.38. The summed E-state index contributed by atoms with van der Waals surface area (Å²) in [6, 6.07) is 0. The van der Waals surface area contributed by atoms with Gasteiger partial charge in [0.2, 0.25) is 0 Å². The molecule has 0 spiro atoms. The molecule has 1 aliphatic heterocycles. The molecule has 56 valence electrons. The molecule has 0 radical (unpaired) electrons. The standard InChI is InChI=1S/C7H10O3/c1-6-2-3-10-5(8)7(6,9)4-6/h9H,2-4H2,1H3/t6-,7+/m0/s1. The van der Waals surface area contributed by atoms with E-state index in [2.05, 4.69) is 0 Å². The number of hydrogen-bond acceptors (Lipinski definition) is 3. The van der Waals surface area contributed by atoms with Gasteiger partial charge in [-0.15, -0.1) is 0 Å². The van der Waals surface area contributed by atoms with Crippen molar-refractivity contribution in [2.75, 3.05) is 6.61 Å². The van der Waals surface area contributed by atoms with Gasteiger partial charge in [-0.05, 0) is 12.8 Å². The van der Waals surface area contributed by atoms with Gasteiger partial charge in [-0.2, -0.15) is 0 Å². The molecule has 1 aliphatic carbocycles. The highest BCUT2D eigenvalue weighted by Gasteiger charge is 2.71. The Labute approximate surface area is 59.0 Å². The van der Waals surface area contributed by atoms with E-state index >= 15 is 0 Å². The number of fused-ring (bicyclic) bond motifs is 1. The van der Waals surface area contributed by atoms with Crippen LogP contribution < -0.4 is 0 Å². The van der Waals surface area contributed by atoms with E-state index in [0.717, 1.165) is 6.42 Å². The molecule has 0 aromatic heterocycles. The lowest BCUT2D eigenvalue weighted by atomic mass is 9.99. The van der Waals surface area contributed by atoms with E-state index in [1.54, 1.807) is 0 Å². The van der Waals surface area contributed by atoms with Gasteiger partial charge < -0.3 is 9.84 Å². The lowest BCUT2D eigenvalue weighted by molar-refractivity contribution is -0.164. The average molecular weight is 142 g/mol. The van der Waals surface area contributed by atoms with Crippen molar-refractivity contribution in [2.45, 2.75) is 25.4 Å². The number of aliphatic hydroxyl groups is 1. The van der Waals surface area contributed by atoms with Gasteiger partial charge in [-0.25, -0.2) is 4.79 Å². The quantitative estimate of drug-likeness (QED) is 0.487. The maximum Gasteiger partial charge on any atom is 0.338 e. The van der Waals surface area contributed by atoms with E-state index in [4.69, 9.17) is 4.74 Å². The van der Waals surface area contributed by atoms with E-state index in [0.29, 0.717) is 13.0 Å². The van der Waals surface area contributed by atoms with Crippen molar-refractivity contribution in [3.63, 3.8) is 0 Å². The Morgan fingerprint density at radius 3 is 2.90 bits per heavy atom. The summed E-state index contributed by atoms with van der Waals surface area (Å²) >= 11 is 0. The SMILES string of the molecule is C[C@@]12CCOC(=O)[C@]1(O)C2. The Kier molecular flexibility index (Phi) is 0.844. The molecule has 0 unspecified atom stereocenters. The highest BCUT2D eigenvalue weighted by molar-refractivity contribution is 5.85. The minimum Gasteiger partial charge on any atom is -0.464 e. The summed E-state index contributed by atoms with van der Waals surface area (Å²) in [6.45, 7) is 2.39. The fourth-order valence-electron chi connectivity index (χ4n) is 1.62. The topological polar surface area (TPSA) is 46.5 Å². The number of rotatable bonds is 0. The normalized spacial score (nSPS) is 51.6. The van der Waals surface area contributed by atoms with E-state index in [1.807, 2.05) is 6.92 Å². The molecule has 2 aliphatic rings. The maximum absolute atomic E-state index is 10.9. The van der Waals surface area contributed by atoms with Crippen LogP contribution in [0.1, 0.15) is 19.8 Å². The van der Waals surface area contributed by atoms with E-state index in [-0.39, 0.29) is 5.41 Å². The number of esters is 1. The Balaban J connectivity index is 2.28. The molecule has 1 heterocycles. The molecule has 0 aromatic carbocycles. The van der Waals surface area contributed by atoms with Crippen LogP contribution in [-0.4, -0.2) is 23.3 Å². The zero-order chi connectivity index (χ0) is 7.41. The lowest BCUT2D eigenvalue weighted by Gasteiger charge is -2.21. The molecule has 2 fully saturated rings. The minimum absolute atomic E-state index is 0.164. The van der Waals surface area contributed by atoms with Gasteiger partial charge in [-0.3, -0.25) is 0 Å². The monoisotopic (exact) mass is 142 g/mol. The molecule has 0 amide bonds. The van der Waals surface area contributed by atoms with Crippen LogP contribution in [0.2, 0.25) is 0 Å². The second-order valence-corrected chi connectivity index (χ2v) is 3.48. The zero-order valence-corrected chi connectivity index (χ0v) is 5.89. The molecular formula is C7H10O3. The van der Waals surface area contributed by atoms with Crippen LogP contribution in [0.5, 0.6) is 0 Å². The predicted molar refractivity (Wildman–Crippen MR) is 33.2 cm³/mol. The number of ether oxygens (including phenoxy) is 1. The highest BCUT2D eigenvalue weighted by Crippen LogP contribution is 2.60. The smallest absolute Gasteiger partial charge is 0.338 e. The first-order valence-corrected chi connectivity index (χ1v) is 3.48. The van der Waals surface area contributed by atoms with E-state index < -0.39 is 11.6 Å². The first kappa shape index (κ1) is 6.16. The molecule has 10 heavy (non-hydrogen) atoms. The molecule has 0 aromatic rings. The molecule has 0 bridgehead atoms. The maximum atomic E-state index is 10.9. The van der Waals surface area contributed by atoms with E-state index in [9.17, 15) is 9.90 Å². The predicted octanol–water partition coefficient (Wildman–Crippen LogP) is 0.0744. The molecule has 1 saturated carbocycles. The summed E-state index contributed by atoms with van der Waals surface area (Å²) in [7, 11) is 0. The first-order valence-electron chi connectivity index (χ1n) is 3.48. The van der Waals surface area contributed by atoms with Crippen LogP contribution in [0.25, 0.3) is 0 Å². The summed E-state index contributed by atoms with van der Waals surface area (Å²) < 4.78 is 4.71. The largest absolute Gasteiger partial charge is 0.464 e. The first-order chi connectivity index (χ1) is 4.58. The van der Waals surface area contributed by atoms with Gasteiger partial charge in [0.15, 0.2) is 5.60 Å². The Hall–Kier alpha value is -0.570. The van der Waals surface area contributed by atoms with Gasteiger partial charge in [-0.1, -0.05) is 6.92 Å². The van der Waals surface area contributed by atoms with E-state index in [1.165, 1.54) is 0 Å². The van der Waals surface area contributed by atoms with Gasteiger partial charge in [0.25, 0.3) is 0 Å². The molecule has 1 N–H and O–H groups in total. The second-order valence-electron chi connectivity index (χ2n) is 3.48. The van der Waals surface area contributed by atoms with Crippen LogP contribution in [0.4, 0.5) is 0 Å². The van der Waals surface area contributed by atoms with Gasteiger partial charge >= 0.3 is 5.97 Å². The third-order valence-corrected chi connectivity index (χ3v) is 2.74. The zero-order valence-electron chi connectivity index (χ0n) is 5.89. The number of carbonyl (C=O) groups excluding carboxylic acids is 1. The van der Waals surface area contributed by atoms with Crippen molar-refractivity contribution in [3.05, 3.63) is 0 Å². The Morgan fingerprint density at radius 1 is 1.70 bits per heavy atom. The van der Waals surface area contributed by atoms with Crippen LogP contribution in [0, 0.1) is 5.41 Å². The number of hydrogen-bond donors (Lipinski definition) is 1. The highest BCUT2D eigenvalue weighted by atomic mass is 16.6. The second kappa shape index (κ2) is 1.37. The van der Waals surface area contributed by atoms with Gasteiger partial charge in [0.05, 0.1) is 6.61 Å². The van der Waals surface area contributed by atoms with Crippen molar-refractivity contribution in [2.24, 2.45) is 5.41 Å². The molecule has 1 saturated heterocycles. The fraction of sp³-hybridized carbons (Fsp3) is 0.857. The van der Waals surface area contributed by atoms with Crippen LogP contribution in [0.3, 0.4) is 0 Å². The Morgan fingerprint density at radius 2 is 2.40 bits per heavy atom. The summed E-state index contributed by atoms with van der Waals surface area (Å²) in [5.74, 6) is -0.429. The summed E-state index contributed by atoms with van der Waals surface area (Å²) in [4.78, 5) is 10.9. The van der Waals surface area contributed by atoms with Crippen molar-refractivity contribution in [3.8, 4) is 0 Å². The van der Waals surface area contributed by atoms with Crippen LogP contribution in [0.15, 0.2) is 0 Å². The van der Waals surface area contributed by atoms with Gasteiger partial charge in [0, 0.05) is 5.41 Å². The fourth-order valence-corrected chi connectivity index (χ4v) is 1.62. The van der Waals surface area contributed by atoms with Gasteiger partial charge in [0.1, 0.15) is 0 Å². The number of carbonyl (C=O) groups is 1. The van der Waals surface area contributed by atoms with Crippen molar-refractivity contribution in [1.82, 2.24) is 0 Å². The molecule has 3 nitrogen and oxygen atoms in total. The Bertz CT molecular complexity index is 201. The van der Waals surface area contributed by atoms with Crippen LogP contribution in [-0.2, 0) is 9.53 Å². The van der Waals surface area contributed by atoms with Crippen molar-refractivity contribution < 1.29 is 14.6 Å². The van der Waals surface area contributed by atoms with Crippen LogP contribution >= 0.6 is 0 Å². The molecule has 2 atom stereocenters. The summed E-state index contributed by atoms with van der Waals surface area (Å²) in [5.41, 5.74) is -1.28. The molecule has 3 heteroatoms. The average Bonchev–Trinajstić information content (AvgIpc) is 2.38. The minimum atomic E-state index is -1.12.